The number of ether oxygens (including phenoxy) is 1. The number of benzene rings is 1. The van der Waals surface area contributed by atoms with Crippen LogP contribution in [0, 0.1) is 5.92 Å². The highest BCUT2D eigenvalue weighted by molar-refractivity contribution is 9.10. The molecule has 1 aromatic carbocycles. The summed E-state index contributed by atoms with van der Waals surface area (Å²) < 4.78 is 12.3. The Hall–Kier alpha value is -1.10. The van der Waals surface area contributed by atoms with E-state index >= 15 is 0 Å². The van der Waals surface area contributed by atoms with Crippen molar-refractivity contribution in [3.63, 3.8) is 0 Å². The Labute approximate surface area is 134 Å². The smallest absolute Gasteiger partial charge is 0.129 e. The van der Waals surface area contributed by atoms with Crippen LogP contribution < -0.4 is 5.32 Å². The molecule has 0 saturated carbocycles. The summed E-state index contributed by atoms with van der Waals surface area (Å²) in [5.74, 6) is 1.52. The summed E-state index contributed by atoms with van der Waals surface area (Å²) in [6.45, 7) is 7.33. The predicted octanol–water partition coefficient (Wildman–Crippen LogP) is 4.50. The van der Waals surface area contributed by atoms with Gasteiger partial charge in [-0.05, 0) is 36.2 Å². The molecule has 1 N–H and O–H groups in total. The third-order valence-electron chi connectivity index (χ3n) is 2.99. The van der Waals surface area contributed by atoms with Crippen LogP contribution >= 0.6 is 15.9 Å². The second-order valence-electron chi connectivity index (χ2n) is 5.57. The summed E-state index contributed by atoms with van der Waals surface area (Å²) in [5, 5.41) is 3.40. The lowest BCUT2D eigenvalue weighted by Gasteiger charge is -2.05. The fourth-order valence-corrected chi connectivity index (χ4v) is 2.44. The van der Waals surface area contributed by atoms with Gasteiger partial charge in [-0.2, -0.15) is 0 Å². The van der Waals surface area contributed by atoms with Gasteiger partial charge in [0.2, 0.25) is 0 Å². The molecule has 0 unspecified atom stereocenters. The number of hydrogen-bond acceptors (Lipinski definition) is 3. The lowest BCUT2D eigenvalue weighted by molar-refractivity contribution is 0.0929. The molecule has 0 atom stereocenters. The quantitative estimate of drug-likeness (QED) is 0.759. The zero-order valence-corrected chi connectivity index (χ0v) is 14.2. The first-order valence-corrected chi connectivity index (χ1v) is 8.02. The zero-order chi connectivity index (χ0) is 15.1. The van der Waals surface area contributed by atoms with E-state index < -0.39 is 0 Å². The van der Waals surface area contributed by atoms with E-state index in [-0.39, 0.29) is 0 Å². The molecule has 4 heteroatoms. The average Bonchev–Trinajstić information content (AvgIpc) is 2.86. The van der Waals surface area contributed by atoms with Crippen molar-refractivity contribution in [3.05, 3.63) is 58.0 Å². The summed E-state index contributed by atoms with van der Waals surface area (Å²) in [7, 11) is 0. The summed E-state index contributed by atoms with van der Waals surface area (Å²) in [6.07, 6.45) is 1.80. The Kier molecular flexibility index (Phi) is 6.49. The van der Waals surface area contributed by atoms with E-state index in [9.17, 15) is 0 Å². The van der Waals surface area contributed by atoms with Crippen LogP contribution in [-0.4, -0.2) is 6.54 Å². The van der Waals surface area contributed by atoms with Crippen LogP contribution in [0.3, 0.4) is 0 Å². The van der Waals surface area contributed by atoms with Crippen molar-refractivity contribution < 1.29 is 9.15 Å². The number of nitrogens with one attached hydrogen (secondary N) is 1. The largest absolute Gasteiger partial charge is 0.467 e. The van der Waals surface area contributed by atoms with Crippen LogP contribution in [0.15, 0.2) is 45.5 Å². The highest BCUT2D eigenvalue weighted by Crippen LogP contribution is 2.14. The minimum atomic E-state index is 0.497. The standard InChI is InChI=1S/C17H22BrNO2/c1-13(2)8-19-9-15-7-17(21-11-15)12-20-10-14-4-3-5-16(18)6-14/h3-7,11,13,19H,8-10,12H2,1-2H3. The Morgan fingerprint density at radius 3 is 2.81 bits per heavy atom. The molecule has 0 aliphatic rings. The topological polar surface area (TPSA) is 34.4 Å². The molecule has 1 heterocycles. The van der Waals surface area contributed by atoms with Gasteiger partial charge in [-0.15, -0.1) is 0 Å². The van der Waals surface area contributed by atoms with Gasteiger partial charge in [-0.25, -0.2) is 0 Å². The minimum Gasteiger partial charge on any atom is -0.467 e. The van der Waals surface area contributed by atoms with Crippen molar-refractivity contribution in [1.29, 1.82) is 0 Å². The van der Waals surface area contributed by atoms with E-state index in [0.29, 0.717) is 19.1 Å². The number of furan rings is 1. The molecule has 0 saturated heterocycles. The first-order chi connectivity index (χ1) is 10.1. The van der Waals surface area contributed by atoms with Crippen LogP contribution in [0.25, 0.3) is 0 Å². The summed E-state index contributed by atoms with van der Waals surface area (Å²) in [5.41, 5.74) is 2.31. The third kappa shape index (κ3) is 6.04. The van der Waals surface area contributed by atoms with Crippen LogP contribution in [-0.2, 0) is 24.5 Å². The van der Waals surface area contributed by atoms with Gasteiger partial charge in [0, 0.05) is 16.6 Å². The van der Waals surface area contributed by atoms with Crippen molar-refractivity contribution in [2.24, 2.45) is 5.92 Å². The molecule has 0 radical (unpaired) electrons. The molecule has 0 aliphatic carbocycles. The van der Waals surface area contributed by atoms with E-state index in [1.807, 2.05) is 24.3 Å². The van der Waals surface area contributed by atoms with E-state index in [1.165, 1.54) is 0 Å². The summed E-state index contributed by atoms with van der Waals surface area (Å²) >= 11 is 3.46. The highest BCUT2D eigenvalue weighted by Gasteiger charge is 2.03. The van der Waals surface area contributed by atoms with Crippen molar-refractivity contribution in [2.75, 3.05) is 6.54 Å². The molecule has 1 aromatic heterocycles. The molecule has 2 aromatic rings. The van der Waals surface area contributed by atoms with Crippen LogP contribution in [0.4, 0.5) is 0 Å². The van der Waals surface area contributed by atoms with E-state index in [0.717, 1.165) is 34.4 Å². The summed E-state index contributed by atoms with van der Waals surface area (Å²) in [6, 6.07) is 10.2. The Balaban J connectivity index is 1.72. The molecule has 0 spiro atoms. The van der Waals surface area contributed by atoms with Gasteiger partial charge in [0.05, 0.1) is 12.9 Å². The van der Waals surface area contributed by atoms with E-state index in [1.54, 1.807) is 6.26 Å². The van der Waals surface area contributed by atoms with Crippen molar-refractivity contribution >= 4 is 15.9 Å². The molecular weight excluding hydrogens is 330 g/mol. The van der Waals surface area contributed by atoms with Gasteiger partial charge in [0.25, 0.3) is 0 Å². The Morgan fingerprint density at radius 1 is 1.19 bits per heavy atom. The van der Waals surface area contributed by atoms with Crippen molar-refractivity contribution in [2.45, 2.75) is 33.6 Å². The lowest BCUT2D eigenvalue weighted by Crippen LogP contribution is -2.18. The summed E-state index contributed by atoms with van der Waals surface area (Å²) in [4.78, 5) is 0. The lowest BCUT2D eigenvalue weighted by atomic mass is 10.2. The molecular formula is C17H22BrNO2. The van der Waals surface area contributed by atoms with Crippen molar-refractivity contribution in [1.82, 2.24) is 5.32 Å². The number of hydrogen-bond donors (Lipinski definition) is 1. The number of halogens is 1. The molecule has 2 rings (SSSR count). The Bertz CT molecular complexity index is 551. The highest BCUT2D eigenvalue weighted by atomic mass is 79.9. The molecule has 114 valence electrons. The zero-order valence-electron chi connectivity index (χ0n) is 12.6. The fourth-order valence-electron chi connectivity index (χ4n) is 2.00. The normalized spacial score (nSPS) is 11.2. The average molecular weight is 352 g/mol. The fraction of sp³-hybridized carbons (Fsp3) is 0.412. The maximum absolute atomic E-state index is 5.68. The molecule has 21 heavy (non-hydrogen) atoms. The van der Waals surface area contributed by atoms with E-state index in [2.05, 4.69) is 41.2 Å². The molecule has 0 aliphatic heterocycles. The van der Waals surface area contributed by atoms with Gasteiger partial charge in [-0.3, -0.25) is 0 Å². The first-order valence-electron chi connectivity index (χ1n) is 7.22. The first kappa shape index (κ1) is 16.3. The van der Waals surface area contributed by atoms with Crippen molar-refractivity contribution in [3.8, 4) is 0 Å². The molecule has 3 nitrogen and oxygen atoms in total. The molecule has 0 bridgehead atoms. The molecule has 0 fully saturated rings. The second-order valence-corrected chi connectivity index (χ2v) is 6.48. The SMILES string of the molecule is CC(C)CNCc1coc(COCc2cccc(Br)c2)c1. The van der Waals surface area contributed by atoms with Gasteiger partial charge < -0.3 is 14.5 Å². The van der Waals surface area contributed by atoms with Crippen LogP contribution in [0.5, 0.6) is 0 Å². The minimum absolute atomic E-state index is 0.497. The van der Waals surface area contributed by atoms with Gasteiger partial charge >= 0.3 is 0 Å². The maximum atomic E-state index is 5.68. The van der Waals surface area contributed by atoms with Gasteiger partial charge in [0.15, 0.2) is 0 Å². The molecule has 0 amide bonds. The predicted molar refractivity (Wildman–Crippen MR) is 87.9 cm³/mol. The second kappa shape index (κ2) is 8.37. The van der Waals surface area contributed by atoms with Crippen LogP contribution in [0.1, 0.15) is 30.7 Å². The Morgan fingerprint density at radius 2 is 2.05 bits per heavy atom. The van der Waals surface area contributed by atoms with E-state index in [4.69, 9.17) is 9.15 Å². The van der Waals surface area contributed by atoms with Gasteiger partial charge in [0.1, 0.15) is 12.4 Å². The third-order valence-corrected chi connectivity index (χ3v) is 3.49. The van der Waals surface area contributed by atoms with Gasteiger partial charge in [-0.1, -0.05) is 41.9 Å². The number of rotatable bonds is 8. The monoisotopic (exact) mass is 351 g/mol. The maximum Gasteiger partial charge on any atom is 0.129 e. The van der Waals surface area contributed by atoms with Crippen LogP contribution in [0.2, 0.25) is 0 Å².